The van der Waals surface area contributed by atoms with Crippen LogP contribution in [0.3, 0.4) is 0 Å². The lowest BCUT2D eigenvalue weighted by Gasteiger charge is -2.10. The van der Waals surface area contributed by atoms with Crippen molar-refractivity contribution in [2.24, 2.45) is 0 Å². The third kappa shape index (κ3) is 3.05. The highest BCUT2D eigenvalue weighted by Crippen LogP contribution is 2.19. The molecule has 0 aliphatic heterocycles. The van der Waals surface area contributed by atoms with Gasteiger partial charge < -0.3 is 5.32 Å². The van der Waals surface area contributed by atoms with Gasteiger partial charge in [0.05, 0.1) is 0 Å². The second kappa shape index (κ2) is 5.92. The highest BCUT2D eigenvalue weighted by molar-refractivity contribution is 6.31. The van der Waals surface area contributed by atoms with Crippen LogP contribution in [0.4, 0.5) is 5.69 Å². The van der Waals surface area contributed by atoms with E-state index in [0.29, 0.717) is 0 Å². The van der Waals surface area contributed by atoms with E-state index in [4.69, 9.17) is 11.6 Å². The number of anilines is 1. The number of hydrogen-bond donors (Lipinski definition) is 1. The molecule has 0 aliphatic carbocycles. The van der Waals surface area contributed by atoms with Crippen molar-refractivity contribution in [3.63, 3.8) is 0 Å². The van der Waals surface area contributed by atoms with Crippen LogP contribution < -0.4 is 5.32 Å². The topological polar surface area (TPSA) is 12.0 Å². The van der Waals surface area contributed by atoms with Gasteiger partial charge in [-0.2, -0.15) is 0 Å². The summed E-state index contributed by atoms with van der Waals surface area (Å²) < 4.78 is 0. The molecule has 0 bridgehead atoms. The minimum absolute atomic E-state index is 0.756. The second-order valence-electron chi connectivity index (χ2n) is 4.44. The quantitative estimate of drug-likeness (QED) is 0.830. The molecule has 0 unspecified atom stereocenters. The van der Waals surface area contributed by atoms with Gasteiger partial charge in [-0.3, -0.25) is 0 Å². The SMILES string of the molecule is CCc1cc(NCc2ccccc2Cl)ccc1C. The monoisotopic (exact) mass is 259 g/mol. The maximum Gasteiger partial charge on any atom is 0.0455 e. The molecule has 0 saturated carbocycles. The van der Waals surface area contributed by atoms with Gasteiger partial charge in [-0.15, -0.1) is 0 Å². The van der Waals surface area contributed by atoms with Crippen LogP contribution in [-0.4, -0.2) is 0 Å². The van der Waals surface area contributed by atoms with Gasteiger partial charge in [-0.05, 0) is 48.2 Å². The number of benzene rings is 2. The van der Waals surface area contributed by atoms with Crippen LogP contribution in [0.2, 0.25) is 5.02 Å². The number of halogens is 1. The molecule has 0 radical (unpaired) electrons. The lowest BCUT2D eigenvalue weighted by atomic mass is 10.1. The molecular weight excluding hydrogens is 242 g/mol. The summed E-state index contributed by atoms with van der Waals surface area (Å²) in [6.45, 7) is 5.09. The van der Waals surface area contributed by atoms with E-state index in [0.717, 1.165) is 29.2 Å². The molecule has 0 fully saturated rings. The Balaban J connectivity index is 2.09. The zero-order chi connectivity index (χ0) is 13.0. The normalized spacial score (nSPS) is 10.4. The Labute approximate surface area is 114 Å². The van der Waals surface area contributed by atoms with E-state index in [-0.39, 0.29) is 0 Å². The summed E-state index contributed by atoms with van der Waals surface area (Å²) in [4.78, 5) is 0. The number of rotatable bonds is 4. The Morgan fingerprint density at radius 1 is 1.06 bits per heavy atom. The van der Waals surface area contributed by atoms with Gasteiger partial charge in [0, 0.05) is 17.3 Å². The van der Waals surface area contributed by atoms with Gasteiger partial charge in [0.15, 0.2) is 0 Å². The molecule has 0 spiro atoms. The maximum absolute atomic E-state index is 6.13. The van der Waals surface area contributed by atoms with Crippen molar-refractivity contribution in [1.82, 2.24) is 0 Å². The maximum atomic E-state index is 6.13. The third-order valence-electron chi connectivity index (χ3n) is 3.17. The summed E-state index contributed by atoms with van der Waals surface area (Å²) in [5.41, 5.74) is 5.01. The van der Waals surface area contributed by atoms with Crippen molar-refractivity contribution in [3.05, 3.63) is 64.2 Å². The molecule has 1 N–H and O–H groups in total. The highest BCUT2D eigenvalue weighted by atomic mass is 35.5. The van der Waals surface area contributed by atoms with E-state index in [9.17, 15) is 0 Å². The summed E-state index contributed by atoms with van der Waals surface area (Å²) in [6.07, 6.45) is 1.06. The minimum atomic E-state index is 0.756. The molecule has 2 aromatic rings. The molecule has 0 heterocycles. The Hall–Kier alpha value is -1.47. The second-order valence-corrected chi connectivity index (χ2v) is 4.85. The lowest BCUT2D eigenvalue weighted by Crippen LogP contribution is -2.01. The smallest absolute Gasteiger partial charge is 0.0455 e. The first-order chi connectivity index (χ1) is 8.70. The first-order valence-corrected chi connectivity index (χ1v) is 6.65. The van der Waals surface area contributed by atoms with Gasteiger partial charge in [0.1, 0.15) is 0 Å². The molecule has 2 heteroatoms. The Morgan fingerprint density at radius 2 is 1.83 bits per heavy atom. The largest absolute Gasteiger partial charge is 0.381 e. The zero-order valence-electron chi connectivity index (χ0n) is 10.8. The average Bonchev–Trinajstić information content (AvgIpc) is 2.39. The summed E-state index contributed by atoms with van der Waals surface area (Å²) in [7, 11) is 0. The number of aryl methyl sites for hydroxylation is 2. The van der Waals surface area contributed by atoms with Crippen molar-refractivity contribution < 1.29 is 0 Å². The molecule has 0 amide bonds. The summed E-state index contributed by atoms with van der Waals surface area (Å²) in [5, 5.41) is 4.23. The van der Waals surface area contributed by atoms with E-state index >= 15 is 0 Å². The zero-order valence-corrected chi connectivity index (χ0v) is 11.6. The highest BCUT2D eigenvalue weighted by Gasteiger charge is 2.01. The Bertz CT molecular complexity index is 534. The van der Waals surface area contributed by atoms with Gasteiger partial charge in [0.25, 0.3) is 0 Å². The van der Waals surface area contributed by atoms with Crippen LogP contribution in [-0.2, 0) is 13.0 Å². The van der Waals surface area contributed by atoms with Crippen LogP contribution in [0.5, 0.6) is 0 Å². The molecule has 2 rings (SSSR count). The number of hydrogen-bond acceptors (Lipinski definition) is 1. The Morgan fingerprint density at radius 3 is 2.56 bits per heavy atom. The van der Waals surface area contributed by atoms with E-state index in [1.165, 1.54) is 11.1 Å². The first-order valence-electron chi connectivity index (χ1n) is 6.27. The first kappa shape index (κ1) is 13.0. The molecular formula is C16H18ClN. The predicted octanol–water partition coefficient (Wildman–Crippen LogP) is 4.82. The van der Waals surface area contributed by atoms with E-state index < -0.39 is 0 Å². The van der Waals surface area contributed by atoms with Crippen molar-refractivity contribution in [2.45, 2.75) is 26.8 Å². The van der Waals surface area contributed by atoms with Gasteiger partial charge in [-0.1, -0.05) is 42.8 Å². The fourth-order valence-corrected chi connectivity index (χ4v) is 2.20. The van der Waals surface area contributed by atoms with E-state index in [1.54, 1.807) is 0 Å². The van der Waals surface area contributed by atoms with Gasteiger partial charge in [-0.25, -0.2) is 0 Å². The molecule has 18 heavy (non-hydrogen) atoms. The van der Waals surface area contributed by atoms with Crippen molar-refractivity contribution >= 4 is 17.3 Å². The standard InChI is InChI=1S/C16H18ClN/c1-3-13-10-15(9-8-12(13)2)18-11-14-6-4-5-7-16(14)17/h4-10,18H,3,11H2,1-2H3. The van der Waals surface area contributed by atoms with Crippen LogP contribution in [0, 0.1) is 6.92 Å². The van der Waals surface area contributed by atoms with Crippen molar-refractivity contribution in [3.8, 4) is 0 Å². The van der Waals surface area contributed by atoms with Crippen LogP contribution in [0.15, 0.2) is 42.5 Å². The molecule has 0 aliphatic rings. The molecule has 0 saturated heterocycles. The molecule has 1 nitrogen and oxygen atoms in total. The third-order valence-corrected chi connectivity index (χ3v) is 3.54. The molecule has 94 valence electrons. The predicted molar refractivity (Wildman–Crippen MR) is 79.3 cm³/mol. The summed E-state index contributed by atoms with van der Waals surface area (Å²) in [5.74, 6) is 0. The van der Waals surface area contributed by atoms with Crippen LogP contribution in [0.25, 0.3) is 0 Å². The fraction of sp³-hybridized carbons (Fsp3) is 0.250. The van der Waals surface area contributed by atoms with Crippen LogP contribution in [0.1, 0.15) is 23.6 Å². The summed E-state index contributed by atoms with van der Waals surface area (Å²) >= 11 is 6.13. The molecule has 2 aromatic carbocycles. The average molecular weight is 260 g/mol. The van der Waals surface area contributed by atoms with Gasteiger partial charge in [0.2, 0.25) is 0 Å². The Kier molecular flexibility index (Phi) is 4.27. The minimum Gasteiger partial charge on any atom is -0.381 e. The van der Waals surface area contributed by atoms with Crippen molar-refractivity contribution in [2.75, 3.05) is 5.32 Å². The van der Waals surface area contributed by atoms with E-state index in [1.807, 2.05) is 24.3 Å². The lowest BCUT2D eigenvalue weighted by molar-refractivity contribution is 1.09. The van der Waals surface area contributed by atoms with E-state index in [2.05, 4.69) is 37.4 Å². The van der Waals surface area contributed by atoms with Crippen LogP contribution >= 0.6 is 11.6 Å². The molecule has 0 aromatic heterocycles. The fourth-order valence-electron chi connectivity index (χ4n) is 2.00. The molecule has 0 atom stereocenters. The van der Waals surface area contributed by atoms with Gasteiger partial charge >= 0.3 is 0 Å². The van der Waals surface area contributed by atoms with Crippen molar-refractivity contribution in [1.29, 1.82) is 0 Å². The summed E-state index contributed by atoms with van der Waals surface area (Å²) in [6, 6.07) is 14.4. The number of nitrogens with one attached hydrogen (secondary N) is 1.